The predicted molar refractivity (Wildman–Crippen MR) is 130 cm³/mol. The first-order valence-corrected chi connectivity index (χ1v) is 11.7. The lowest BCUT2D eigenvalue weighted by atomic mass is 9.95. The van der Waals surface area contributed by atoms with Gasteiger partial charge < -0.3 is 25.0 Å². The minimum atomic E-state index is -0.306. The van der Waals surface area contributed by atoms with E-state index < -0.39 is 0 Å². The molecule has 0 spiro atoms. The number of anilines is 1. The molecule has 3 amide bonds. The minimum Gasteiger partial charge on any atom is -0.495 e. The number of likely N-dealkylation sites (tertiary alicyclic amines) is 1. The normalized spacial score (nSPS) is 13.8. The maximum absolute atomic E-state index is 12.6. The predicted octanol–water partition coefficient (Wildman–Crippen LogP) is 3.48. The van der Waals surface area contributed by atoms with Crippen molar-refractivity contribution in [1.82, 2.24) is 10.2 Å². The zero-order valence-corrected chi connectivity index (χ0v) is 19.8. The van der Waals surface area contributed by atoms with Crippen LogP contribution in [0.25, 0.3) is 0 Å². The van der Waals surface area contributed by atoms with E-state index in [0.29, 0.717) is 49.5 Å². The van der Waals surface area contributed by atoms with Crippen molar-refractivity contribution in [2.45, 2.75) is 32.6 Å². The van der Waals surface area contributed by atoms with Crippen LogP contribution in [0.15, 0.2) is 48.5 Å². The second-order valence-electron chi connectivity index (χ2n) is 8.25. The Morgan fingerprint density at radius 3 is 2.41 bits per heavy atom. The van der Waals surface area contributed by atoms with E-state index in [1.165, 1.54) is 0 Å². The molecule has 1 aliphatic rings. The molecule has 0 aromatic heterocycles. The largest absolute Gasteiger partial charge is 0.495 e. The van der Waals surface area contributed by atoms with Crippen molar-refractivity contribution < 1.29 is 23.9 Å². The molecule has 0 unspecified atom stereocenters. The topological polar surface area (TPSA) is 97.0 Å². The number of nitrogens with one attached hydrogen (secondary N) is 2. The monoisotopic (exact) mass is 467 g/mol. The standard InChI is InChI=1S/C26H33N3O5/c1-3-4-17-34-21-11-9-19(10-12-21)25(31)27-18-24(30)29-15-13-20(14-16-29)26(32)28-22-7-5-6-8-23(22)33-2/h5-12,20H,3-4,13-18H2,1-2H3,(H,27,31)(H,28,32). The van der Waals surface area contributed by atoms with Crippen molar-refractivity contribution >= 4 is 23.4 Å². The van der Waals surface area contributed by atoms with Gasteiger partial charge in [-0.3, -0.25) is 14.4 Å². The van der Waals surface area contributed by atoms with Crippen LogP contribution < -0.4 is 20.1 Å². The summed E-state index contributed by atoms with van der Waals surface area (Å²) in [6, 6.07) is 14.2. The highest BCUT2D eigenvalue weighted by atomic mass is 16.5. The number of hydrogen-bond acceptors (Lipinski definition) is 5. The molecular formula is C26H33N3O5. The molecule has 0 aliphatic carbocycles. The second kappa shape index (κ2) is 12.6. The molecule has 1 heterocycles. The molecule has 0 radical (unpaired) electrons. The molecule has 34 heavy (non-hydrogen) atoms. The van der Waals surface area contributed by atoms with Gasteiger partial charge in [0.2, 0.25) is 11.8 Å². The summed E-state index contributed by atoms with van der Waals surface area (Å²) in [5.74, 6) is 0.612. The van der Waals surface area contributed by atoms with Gasteiger partial charge in [-0.05, 0) is 55.7 Å². The second-order valence-corrected chi connectivity index (χ2v) is 8.25. The lowest BCUT2D eigenvalue weighted by molar-refractivity contribution is -0.133. The number of methoxy groups -OCH3 is 1. The van der Waals surface area contributed by atoms with Crippen LogP contribution >= 0.6 is 0 Å². The fourth-order valence-electron chi connectivity index (χ4n) is 3.78. The Hall–Kier alpha value is -3.55. The summed E-state index contributed by atoms with van der Waals surface area (Å²) in [4.78, 5) is 39.3. The summed E-state index contributed by atoms with van der Waals surface area (Å²) >= 11 is 0. The van der Waals surface area contributed by atoms with Gasteiger partial charge in [0.15, 0.2) is 0 Å². The van der Waals surface area contributed by atoms with Gasteiger partial charge in [0.05, 0.1) is 25.9 Å². The molecule has 182 valence electrons. The molecule has 8 heteroatoms. The van der Waals surface area contributed by atoms with Gasteiger partial charge >= 0.3 is 0 Å². The number of para-hydroxylation sites is 2. The Balaban J connectivity index is 1.41. The average Bonchev–Trinajstić information content (AvgIpc) is 2.88. The lowest BCUT2D eigenvalue weighted by Crippen LogP contribution is -2.45. The van der Waals surface area contributed by atoms with Crippen LogP contribution in [0, 0.1) is 5.92 Å². The maximum atomic E-state index is 12.6. The van der Waals surface area contributed by atoms with Crippen molar-refractivity contribution in [2.24, 2.45) is 5.92 Å². The highest BCUT2D eigenvalue weighted by molar-refractivity contribution is 5.97. The fourth-order valence-corrected chi connectivity index (χ4v) is 3.78. The lowest BCUT2D eigenvalue weighted by Gasteiger charge is -2.31. The zero-order chi connectivity index (χ0) is 24.3. The molecule has 1 aliphatic heterocycles. The van der Waals surface area contributed by atoms with Crippen LogP contribution in [-0.2, 0) is 9.59 Å². The maximum Gasteiger partial charge on any atom is 0.251 e. The molecule has 2 N–H and O–H groups in total. The van der Waals surface area contributed by atoms with Crippen molar-refractivity contribution in [3.05, 3.63) is 54.1 Å². The third-order valence-electron chi connectivity index (χ3n) is 5.87. The number of benzene rings is 2. The summed E-state index contributed by atoms with van der Waals surface area (Å²) in [5, 5.41) is 5.60. The molecule has 1 saturated heterocycles. The summed E-state index contributed by atoms with van der Waals surface area (Å²) in [6.45, 7) is 3.62. The summed E-state index contributed by atoms with van der Waals surface area (Å²) < 4.78 is 10.9. The summed E-state index contributed by atoms with van der Waals surface area (Å²) in [6.07, 6.45) is 3.18. The van der Waals surface area contributed by atoms with E-state index in [9.17, 15) is 14.4 Å². The first kappa shape index (κ1) is 25.1. The highest BCUT2D eigenvalue weighted by Gasteiger charge is 2.28. The minimum absolute atomic E-state index is 0.0768. The van der Waals surface area contributed by atoms with E-state index in [0.717, 1.165) is 18.6 Å². The van der Waals surface area contributed by atoms with E-state index in [1.54, 1.807) is 48.4 Å². The van der Waals surface area contributed by atoms with Crippen LogP contribution in [0.2, 0.25) is 0 Å². The smallest absolute Gasteiger partial charge is 0.251 e. The number of amides is 3. The Kier molecular flexibility index (Phi) is 9.31. The van der Waals surface area contributed by atoms with Crippen LogP contribution in [0.4, 0.5) is 5.69 Å². The number of carbonyl (C=O) groups is 3. The van der Waals surface area contributed by atoms with Gasteiger partial charge in [-0.25, -0.2) is 0 Å². The third-order valence-corrected chi connectivity index (χ3v) is 5.87. The molecule has 0 saturated carbocycles. The molecule has 2 aromatic carbocycles. The van der Waals surface area contributed by atoms with E-state index in [2.05, 4.69) is 17.6 Å². The van der Waals surface area contributed by atoms with Crippen molar-refractivity contribution in [3.63, 3.8) is 0 Å². The van der Waals surface area contributed by atoms with Gasteiger partial charge in [-0.15, -0.1) is 0 Å². The van der Waals surface area contributed by atoms with Gasteiger partial charge in [-0.1, -0.05) is 25.5 Å². The quantitative estimate of drug-likeness (QED) is 0.522. The molecular weight excluding hydrogens is 434 g/mol. The van der Waals surface area contributed by atoms with Crippen molar-refractivity contribution in [1.29, 1.82) is 0 Å². The number of ether oxygens (including phenoxy) is 2. The number of rotatable bonds is 10. The van der Waals surface area contributed by atoms with E-state index in [1.807, 2.05) is 12.1 Å². The van der Waals surface area contributed by atoms with Gasteiger partial charge in [-0.2, -0.15) is 0 Å². The van der Waals surface area contributed by atoms with Gasteiger partial charge in [0, 0.05) is 24.6 Å². The zero-order valence-electron chi connectivity index (χ0n) is 19.8. The van der Waals surface area contributed by atoms with E-state index in [4.69, 9.17) is 9.47 Å². The van der Waals surface area contributed by atoms with Gasteiger partial charge in [0.25, 0.3) is 5.91 Å². The molecule has 0 bridgehead atoms. The summed E-state index contributed by atoms with van der Waals surface area (Å²) in [7, 11) is 1.56. The van der Waals surface area contributed by atoms with Crippen LogP contribution in [0.3, 0.4) is 0 Å². The average molecular weight is 468 g/mol. The number of nitrogens with zero attached hydrogens (tertiary/aromatic N) is 1. The number of carbonyl (C=O) groups excluding carboxylic acids is 3. The van der Waals surface area contributed by atoms with Crippen LogP contribution in [0.1, 0.15) is 43.0 Å². The Labute approximate surface area is 200 Å². The van der Waals surface area contributed by atoms with Crippen LogP contribution in [-0.4, -0.2) is 56.0 Å². The Bertz CT molecular complexity index is 969. The molecule has 8 nitrogen and oxygen atoms in total. The van der Waals surface area contributed by atoms with Crippen LogP contribution in [0.5, 0.6) is 11.5 Å². The molecule has 3 rings (SSSR count). The van der Waals surface area contributed by atoms with E-state index >= 15 is 0 Å². The fraction of sp³-hybridized carbons (Fsp3) is 0.423. The van der Waals surface area contributed by atoms with Crippen molar-refractivity contribution in [3.8, 4) is 11.5 Å². The number of unbranched alkanes of at least 4 members (excludes halogenated alkanes) is 1. The first-order valence-electron chi connectivity index (χ1n) is 11.7. The van der Waals surface area contributed by atoms with E-state index in [-0.39, 0.29) is 30.2 Å². The highest BCUT2D eigenvalue weighted by Crippen LogP contribution is 2.25. The first-order chi connectivity index (χ1) is 16.5. The number of piperidine rings is 1. The Morgan fingerprint density at radius 1 is 1.03 bits per heavy atom. The summed E-state index contributed by atoms with van der Waals surface area (Å²) in [5.41, 5.74) is 1.11. The third kappa shape index (κ3) is 6.97. The molecule has 1 fully saturated rings. The molecule has 0 atom stereocenters. The number of hydrogen-bond donors (Lipinski definition) is 2. The molecule has 2 aromatic rings. The van der Waals surface area contributed by atoms with Gasteiger partial charge in [0.1, 0.15) is 11.5 Å². The Morgan fingerprint density at radius 2 is 1.74 bits per heavy atom. The SMILES string of the molecule is CCCCOc1ccc(C(=O)NCC(=O)N2CCC(C(=O)Nc3ccccc3OC)CC2)cc1. The van der Waals surface area contributed by atoms with Crippen molar-refractivity contribution in [2.75, 3.05) is 38.7 Å².